The number of carboxylic acid groups (broad SMARTS) is 1. The van der Waals surface area contributed by atoms with Crippen LogP contribution in [0.15, 0.2) is 12.1 Å². The molecule has 0 saturated heterocycles. The van der Waals surface area contributed by atoms with Crippen molar-refractivity contribution < 1.29 is 14.7 Å². The second-order valence-electron chi connectivity index (χ2n) is 4.53. The molecule has 0 heterocycles. The number of aliphatic carboxylic acids is 1. The van der Waals surface area contributed by atoms with Crippen molar-refractivity contribution >= 4 is 40.8 Å². The zero-order valence-electron chi connectivity index (χ0n) is 11.1. The van der Waals surface area contributed by atoms with Gasteiger partial charge in [0.2, 0.25) is 0 Å². The number of rotatable bonds is 5. The molecule has 1 amide bonds. The van der Waals surface area contributed by atoms with Crippen molar-refractivity contribution in [2.75, 3.05) is 5.73 Å². The Kier molecular flexibility index (Phi) is 5.65. The van der Waals surface area contributed by atoms with E-state index < -0.39 is 17.9 Å². The molecule has 0 fully saturated rings. The second-order valence-corrected chi connectivity index (χ2v) is 5.34. The number of carboxylic acids is 1. The van der Waals surface area contributed by atoms with E-state index in [1.165, 1.54) is 12.1 Å². The Morgan fingerprint density at radius 1 is 1.35 bits per heavy atom. The molecule has 1 aromatic rings. The number of nitrogen functional groups attached to an aromatic ring is 1. The Morgan fingerprint density at radius 3 is 2.25 bits per heavy atom. The Hall–Kier alpha value is -1.46. The molecular formula is C13H16Cl2N2O3. The highest BCUT2D eigenvalue weighted by atomic mass is 35.5. The van der Waals surface area contributed by atoms with E-state index in [-0.39, 0.29) is 27.2 Å². The number of nitrogens with two attached hydrogens (primary N) is 1. The van der Waals surface area contributed by atoms with Crippen molar-refractivity contribution in [1.82, 2.24) is 5.32 Å². The van der Waals surface area contributed by atoms with Gasteiger partial charge in [0.1, 0.15) is 6.04 Å². The summed E-state index contributed by atoms with van der Waals surface area (Å²) in [5, 5.41) is 11.9. The van der Waals surface area contributed by atoms with Crippen LogP contribution < -0.4 is 11.1 Å². The third-order valence-electron chi connectivity index (χ3n) is 3.11. The van der Waals surface area contributed by atoms with Crippen molar-refractivity contribution in [2.24, 2.45) is 5.92 Å². The fraction of sp³-hybridized carbons (Fsp3) is 0.385. The summed E-state index contributed by atoms with van der Waals surface area (Å²) in [4.78, 5) is 23.2. The normalized spacial score (nSPS) is 13.6. The standard InChI is InChI=1S/C13H16Cl2N2O3/c1-3-6(2)11(13(19)20)17-12(18)7-4-8(14)10(16)9(15)5-7/h4-6,11H,3,16H2,1-2H3,(H,17,18)(H,19,20)/t6-,11-/m0/s1. The topological polar surface area (TPSA) is 92.4 Å². The molecule has 0 radical (unpaired) electrons. The number of carbonyl (C=O) groups is 2. The highest BCUT2D eigenvalue weighted by molar-refractivity contribution is 6.39. The molecule has 0 unspecified atom stereocenters. The van der Waals surface area contributed by atoms with Gasteiger partial charge in [-0.15, -0.1) is 0 Å². The van der Waals surface area contributed by atoms with E-state index in [1.54, 1.807) is 6.92 Å². The molecule has 0 aliphatic carbocycles. The van der Waals surface area contributed by atoms with Crippen LogP contribution in [-0.4, -0.2) is 23.0 Å². The molecule has 5 nitrogen and oxygen atoms in total. The Labute approximate surface area is 127 Å². The number of hydrogen-bond donors (Lipinski definition) is 3. The molecular weight excluding hydrogens is 303 g/mol. The summed E-state index contributed by atoms with van der Waals surface area (Å²) >= 11 is 11.7. The number of anilines is 1. The van der Waals surface area contributed by atoms with Crippen LogP contribution in [0.4, 0.5) is 5.69 Å². The average molecular weight is 319 g/mol. The number of benzene rings is 1. The molecule has 0 aliphatic heterocycles. The minimum atomic E-state index is -1.08. The molecule has 20 heavy (non-hydrogen) atoms. The third kappa shape index (κ3) is 3.77. The van der Waals surface area contributed by atoms with Gasteiger partial charge in [-0.3, -0.25) is 4.79 Å². The lowest BCUT2D eigenvalue weighted by molar-refractivity contribution is -0.140. The van der Waals surface area contributed by atoms with Crippen LogP contribution in [0.2, 0.25) is 10.0 Å². The second kappa shape index (κ2) is 6.81. The number of carbonyl (C=O) groups excluding carboxylic acids is 1. The van der Waals surface area contributed by atoms with Gasteiger partial charge in [-0.05, 0) is 18.1 Å². The van der Waals surface area contributed by atoms with Gasteiger partial charge >= 0.3 is 5.97 Å². The third-order valence-corrected chi connectivity index (χ3v) is 3.73. The van der Waals surface area contributed by atoms with Gasteiger partial charge < -0.3 is 16.2 Å². The monoisotopic (exact) mass is 318 g/mol. The van der Waals surface area contributed by atoms with Gasteiger partial charge in [0.05, 0.1) is 15.7 Å². The molecule has 4 N–H and O–H groups in total. The summed E-state index contributed by atoms with van der Waals surface area (Å²) in [6, 6.07) is 1.74. The number of hydrogen-bond acceptors (Lipinski definition) is 3. The molecule has 2 atom stereocenters. The van der Waals surface area contributed by atoms with E-state index in [1.807, 2.05) is 6.92 Å². The molecule has 1 aromatic carbocycles. The number of nitrogens with one attached hydrogen (secondary N) is 1. The Balaban J connectivity index is 2.98. The summed E-state index contributed by atoms with van der Waals surface area (Å²) in [7, 11) is 0. The first-order valence-electron chi connectivity index (χ1n) is 6.06. The quantitative estimate of drug-likeness (QED) is 0.728. The minimum absolute atomic E-state index is 0.151. The average Bonchev–Trinajstić information content (AvgIpc) is 2.39. The largest absolute Gasteiger partial charge is 0.480 e. The summed E-state index contributed by atoms with van der Waals surface area (Å²) in [6.45, 7) is 3.60. The van der Waals surface area contributed by atoms with Gasteiger partial charge in [-0.1, -0.05) is 43.5 Å². The minimum Gasteiger partial charge on any atom is -0.480 e. The van der Waals surface area contributed by atoms with E-state index >= 15 is 0 Å². The zero-order chi connectivity index (χ0) is 15.4. The number of halogens is 2. The smallest absolute Gasteiger partial charge is 0.326 e. The lowest BCUT2D eigenvalue weighted by Gasteiger charge is -2.20. The van der Waals surface area contributed by atoms with Crippen LogP contribution in [0, 0.1) is 5.92 Å². The predicted octanol–water partition coefficient (Wildman–Crippen LogP) is 2.80. The molecule has 0 aliphatic rings. The lowest BCUT2D eigenvalue weighted by Crippen LogP contribution is -2.45. The van der Waals surface area contributed by atoms with Gasteiger partial charge in [0.25, 0.3) is 5.91 Å². The predicted molar refractivity (Wildman–Crippen MR) is 79.2 cm³/mol. The van der Waals surface area contributed by atoms with Crippen molar-refractivity contribution in [3.63, 3.8) is 0 Å². The van der Waals surface area contributed by atoms with Crippen molar-refractivity contribution in [3.05, 3.63) is 27.7 Å². The molecule has 110 valence electrons. The molecule has 0 aromatic heterocycles. The van der Waals surface area contributed by atoms with E-state index in [4.69, 9.17) is 34.0 Å². The number of amides is 1. The van der Waals surface area contributed by atoms with Crippen LogP contribution >= 0.6 is 23.2 Å². The Morgan fingerprint density at radius 2 is 1.85 bits per heavy atom. The molecule has 0 bridgehead atoms. The molecule has 1 rings (SSSR count). The van der Waals surface area contributed by atoms with Gasteiger partial charge in [0, 0.05) is 5.56 Å². The van der Waals surface area contributed by atoms with Crippen molar-refractivity contribution in [1.29, 1.82) is 0 Å². The zero-order valence-corrected chi connectivity index (χ0v) is 12.6. The molecule has 0 spiro atoms. The highest BCUT2D eigenvalue weighted by Gasteiger charge is 2.26. The van der Waals surface area contributed by atoms with Crippen LogP contribution in [-0.2, 0) is 4.79 Å². The maximum absolute atomic E-state index is 12.1. The Bertz CT molecular complexity index is 511. The van der Waals surface area contributed by atoms with Crippen LogP contribution in [0.25, 0.3) is 0 Å². The van der Waals surface area contributed by atoms with E-state index in [0.717, 1.165) is 0 Å². The van der Waals surface area contributed by atoms with Crippen LogP contribution in [0.5, 0.6) is 0 Å². The molecule has 7 heteroatoms. The van der Waals surface area contributed by atoms with E-state index in [2.05, 4.69) is 5.32 Å². The van der Waals surface area contributed by atoms with Crippen LogP contribution in [0.3, 0.4) is 0 Å². The first-order valence-corrected chi connectivity index (χ1v) is 6.81. The van der Waals surface area contributed by atoms with Gasteiger partial charge in [0.15, 0.2) is 0 Å². The lowest BCUT2D eigenvalue weighted by atomic mass is 9.99. The maximum atomic E-state index is 12.1. The highest BCUT2D eigenvalue weighted by Crippen LogP contribution is 2.28. The summed E-state index contributed by atoms with van der Waals surface area (Å²) in [5.41, 5.74) is 5.93. The summed E-state index contributed by atoms with van der Waals surface area (Å²) < 4.78 is 0. The first-order chi connectivity index (χ1) is 9.27. The maximum Gasteiger partial charge on any atom is 0.326 e. The molecule has 0 saturated carbocycles. The van der Waals surface area contributed by atoms with Gasteiger partial charge in [-0.2, -0.15) is 0 Å². The van der Waals surface area contributed by atoms with Crippen molar-refractivity contribution in [3.8, 4) is 0 Å². The fourth-order valence-electron chi connectivity index (χ4n) is 1.62. The van der Waals surface area contributed by atoms with E-state index in [9.17, 15) is 9.59 Å². The first kappa shape index (κ1) is 16.6. The fourth-order valence-corrected chi connectivity index (χ4v) is 2.11. The summed E-state index contributed by atoms with van der Waals surface area (Å²) in [5.74, 6) is -1.84. The van der Waals surface area contributed by atoms with Crippen LogP contribution in [0.1, 0.15) is 30.6 Å². The summed E-state index contributed by atoms with van der Waals surface area (Å²) in [6.07, 6.45) is 0.625. The van der Waals surface area contributed by atoms with Crippen molar-refractivity contribution in [2.45, 2.75) is 26.3 Å². The SMILES string of the molecule is CC[C@H](C)[C@H](NC(=O)c1cc(Cl)c(N)c(Cl)c1)C(=O)O. The van der Waals surface area contributed by atoms with E-state index in [0.29, 0.717) is 6.42 Å². The van der Waals surface area contributed by atoms with Gasteiger partial charge in [-0.25, -0.2) is 4.79 Å².